The van der Waals surface area contributed by atoms with E-state index in [0.29, 0.717) is 5.02 Å². The van der Waals surface area contributed by atoms with Crippen LogP contribution in [0.1, 0.15) is 13.8 Å². The lowest BCUT2D eigenvalue weighted by molar-refractivity contribution is -0.131. The van der Waals surface area contributed by atoms with Gasteiger partial charge in [-0.15, -0.1) is 0 Å². The molecule has 0 radical (unpaired) electrons. The van der Waals surface area contributed by atoms with Crippen LogP contribution < -0.4 is 5.73 Å². The number of anilines is 1. The minimum atomic E-state index is -3.71. The van der Waals surface area contributed by atoms with Crippen LogP contribution in [0, 0.1) is 0 Å². The van der Waals surface area contributed by atoms with Gasteiger partial charge in [-0.3, -0.25) is 0 Å². The second-order valence-electron chi connectivity index (χ2n) is 5.66. The van der Waals surface area contributed by atoms with Crippen molar-refractivity contribution >= 4 is 27.3 Å². The molecule has 0 bridgehead atoms. The molecule has 118 valence electrons. The molecular weight excluding hydrogens is 316 g/mol. The van der Waals surface area contributed by atoms with Gasteiger partial charge in [-0.1, -0.05) is 11.6 Å². The molecule has 1 aromatic rings. The number of aliphatic hydroxyl groups excluding tert-OH is 1. The first-order chi connectivity index (χ1) is 9.65. The number of hydrogen-bond donors (Lipinski definition) is 2. The summed E-state index contributed by atoms with van der Waals surface area (Å²) in [5, 5.41) is 9.58. The Morgan fingerprint density at radius 2 is 2.19 bits per heavy atom. The number of nitrogens with two attached hydrogens (primary N) is 1. The molecular formula is C13H19ClN2O4S. The second kappa shape index (κ2) is 5.73. The number of halogens is 1. The standard InChI is InChI=1S/C13H19ClN2O4S/c1-13(2)8-16(6-9(7-17)20-13)21(18,19)10-3-4-11(14)12(15)5-10/h3-5,9,17H,6-8,15H2,1-2H3. The molecule has 1 fully saturated rings. The molecule has 1 aliphatic heterocycles. The van der Waals surface area contributed by atoms with Crippen molar-refractivity contribution in [1.29, 1.82) is 0 Å². The maximum atomic E-state index is 12.7. The van der Waals surface area contributed by atoms with E-state index in [1.54, 1.807) is 13.8 Å². The maximum absolute atomic E-state index is 12.7. The van der Waals surface area contributed by atoms with Crippen molar-refractivity contribution in [1.82, 2.24) is 4.31 Å². The average molecular weight is 335 g/mol. The predicted molar refractivity (Wildman–Crippen MR) is 80.7 cm³/mol. The Kier molecular flexibility index (Phi) is 4.51. The molecule has 0 aliphatic carbocycles. The summed E-state index contributed by atoms with van der Waals surface area (Å²) in [5.41, 5.74) is 5.22. The number of ether oxygens (including phenoxy) is 1. The first-order valence-electron chi connectivity index (χ1n) is 6.49. The summed E-state index contributed by atoms with van der Waals surface area (Å²) in [6, 6.07) is 4.22. The Morgan fingerprint density at radius 1 is 1.52 bits per heavy atom. The topological polar surface area (TPSA) is 92.9 Å². The number of morpholine rings is 1. The van der Waals surface area contributed by atoms with Crippen LogP contribution >= 0.6 is 11.6 Å². The second-order valence-corrected chi connectivity index (χ2v) is 8.01. The molecule has 0 spiro atoms. The van der Waals surface area contributed by atoms with Gasteiger partial charge in [-0.2, -0.15) is 4.31 Å². The van der Waals surface area contributed by atoms with Gasteiger partial charge in [0, 0.05) is 13.1 Å². The summed E-state index contributed by atoms with van der Waals surface area (Å²) in [6.45, 7) is 3.64. The third-order valence-electron chi connectivity index (χ3n) is 3.26. The van der Waals surface area contributed by atoms with Gasteiger partial charge in [0.2, 0.25) is 10.0 Å². The number of nitrogen functional groups attached to an aromatic ring is 1. The average Bonchev–Trinajstić information content (AvgIpc) is 2.39. The third-order valence-corrected chi connectivity index (χ3v) is 5.41. The van der Waals surface area contributed by atoms with Crippen molar-refractivity contribution in [3.05, 3.63) is 23.2 Å². The number of hydrogen-bond acceptors (Lipinski definition) is 5. The highest BCUT2D eigenvalue weighted by Gasteiger charge is 2.39. The molecule has 2 rings (SSSR count). The summed E-state index contributed by atoms with van der Waals surface area (Å²) in [4.78, 5) is 0.0822. The summed E-state index contributed by atoms with van der Waals surface area (Å²) in [7, 11) is -3.71. The highest BCUT2D eigenvalue weighted by Crippen LogP contribution is 2.29. The van der Waals surface area contributed by atoms with E-state index in [2.05, 4.69) is 0 Å². The Balaban J connectivity index is 2.36. The quantitative estimate of drug-likeness (QED) is 0.807. The molecule has 0 aromatic heterocycles. The van der Waals surface area contributed by atoms with Gasteiger partial charge < -0.3 is 15.6 Å². The van der Waals surface area contributed by atoms with E-state index < -0.39 is 21.7 Å². The van der Waals surface area contributed by atoms with Gasteiger partial charge in [0.25, 0.3) is 0 Å². The highest BCUT2D eigenvalue weighted by molar-refractivity contribution is 7.89. The van der Waals surface area contributed by atoms with Gasteiger partial charge in [0.05, 0.1) is 33.9 Å². The molecule has 1 atom stereocenters. The van der Waals surface area contributed by atoms with Gasteiger partial charge >= 0.3 is 0 Å². The van der Waals surface area contributed by atoms with E-state index in [9.17, 15) is 13.5 Å². The van der Waals surface area contributed by atoms with Crippen LogP contribution in [-0.2, 0) is 14.8 Å². The van der Waals surface area contributed by atoms with E-state index >= 15 is 0 Å². The molecule has 8 heteroatoms. The minimum Gasteiger partial charge on any atom is -0.397 e. The van der Waals surface area contributed by atoms with Gasteiger partial charge in [0.15, 0.2) is 0 Å². The minimum absolute atomic E-state index is 0.0822. The van der Waals surface area contributed by atoms with Crippen molar-refractivity contribution < 1.29 is 18.3 Å². The Labute approximate surface area is 129 Å². The third kappa shape index (κ3) is 3.49. The zero-order valence-electron chi connectivity index (χ0n) is 11.9. The first kappa shape index (κ1) is 16.5. The van der Waals surface area contributed by atoms with E-state index in [1.165, 1.54) is 22.5 Å². The van der Waals surface area contributed by atoms with E-state index in [0.717, 1.165) is 0 Å². The van der Waals surface area contributed by atoms with Crippen molar-refractivity contribution in [2.75, 3.05) is 25.4 Å². The number of aliphatic hydroxyl groups is 1. The van der Waals surface area contributed by atoms with Crippen LogP contribution in [-0.4, -0.2) is 49.2 Å². The molecule has 1 saturated heterocycles. The lowest BCUT2D eigenvalue weighted by Crippen LogP contribution is -2.55. The SMILES string of the molecule is CC1(C)CN(S(=O)(=O)c2ccc(Cl)c(N)c2)CC(CO)O1. The van der Waals surface area contributed by atoms with E-state index in [4.69, 9.17) is 22.1 Å². The Hall–Kier alpha value is -0.860. The number of benzene rings is 1. The molecule has 21 heavy (non-hydrogen) atoms. The lowest BCUT2D eigenvalue weighted by atomic mass is 10.1. The van der Waals surface area contributed by atoms with Crippen LogP contribution in [0.2, 0.25) is 5.02 Å². The monoisotopic (exact) mass is 334 g/mol. The zero-order chi connectivity index (χ0) is 15.8. The first-order valence-corrected chi connectivity index (χ1v) is 8.31. The highest BCUT2D eigenvalue weighted by atomic mass is 35.5. The van der Waals surface area contributed by atoms with Crippen LogP contribution in [0.5, 0.6) is 0 Å². The molecule has 3 N–H and O–H groups in total. The number of nitrogens with zero attached hydrogens (tertiary/aromatic N) is 1. The van der Waals surface area contributed by atoms with Crippen LogP contribution in [0.4, 0.5) is 5.69 Å². The van der Waals surface area contributed by atoms with Crippen molar-refractivity contribution in [3.8, 4) is 0 Å². The molecule has 0 saturated carbocycles. The van der Waals surface area contributed by atoms with Crippen molar-refractivity contribution in [2.45, 2.75) is 30.4 Å². The Morgan fingerprint density at radius 3 is 2.76 bits per heavy atom. The molecule has 0 amide bonds. The zero-order valence-corrected chi connectivity index (χ0v) is 13.5. The fourth-order valence-electron chi connectivity index (χ4n) is 2.35. The van der Waals surface area contributed by atoms with Crippen LogP contribution in [0.15, 0.2) is 23.1 Å². The lowest BCUT2D eigenvalue weighted by Gasteiger charge is -2.41. The fourth-order valence-corrected chi connectivity index (χ4v) is 4.13. The molecule has 1 aliphatic rings. The van der Waals surface area contributed by atoms with E-state index in [1.807, 2.05) is 0 Å². The van der Waals surface area contributed by atoms with Gasteiger partial charge in [0.1, 0.15) is 0 Å². The molecule has 1 aromatic carbocycles. The summed E-state index contributed by atoms with van der Waals surface area (Å²) < 4.78 is 32.3. The predicted octanol–water partition coefficient (Wildman–Crippen LogP) is 1.08. The summed E-state index contributed by atoms with van der Waals surface area (Å²) in [5.74, 6) is 0. The van der Waals surface area contributed by atoms with Crippen LogP contribution in [0.3, 0.4) is 0 Å². The normalized spacial score (nSPS) is 23.1. The Bertz CT molecular complexity index is 633. The van der Waals surface area contributed by atoms with E-state index in [-0.39, 0.29) is 30.3 Å². The molecule has 1 unspecified atom stereocenters. The molecule has 1 heterocycles. The summed E-state index contributed by atoms with van der Waals surface area (Å²) >= 11 is 5.82. The van der Waals surface area contributed by atoms with Crippen LogP contribution in [0.25, 0.3) is 0 Å². The number of rotatable bonds is 3. The number of sulfonamides is 1. The maximum Gasteiger partial charge on any atom is 0.243 e. The summed E-state index contributed by atoms with van der Waals surface area (Å²) in [6.07, 6.45) is -0.548. The van der Waals surface area contributed by atoms with Crippen molar-refractivity contribution in [3.63, 3.8) is 0 Å². The fraction of sp³-hybridized carbons (Fsp3) is 0.538. The van der Waals surface area contributed by atoms with Crippen molar-refractivity contribution in [2.24, 2.45) is 0 Å². The largest absolute Gasteiger partial charge is 0.397 e. The molecule has 6 nitrogen and oxygen atoms in total. The smallest absolute Gasteiger partial charge is 0.243 e. The van der Waals surface area contributed by atoms with Gasteiger partial charge in [-0.05, 0) is 32.0 Å². The van der Waals surface area contributed by atoms with Gasteiger partial charge in [-0.25, -0.2) is 8.42 Å².